The number of hydrogen-bond acceptors (Lipinski definition) is 5. The van der Waals surface area contributed by atoms with Gasteiger partial charge in [0, 0.05) is 33.6 Å². The minimum absolute atomic E-state index is 0.0120. The Morgan fingerprint density at radius 3 is 2.26 bits per heavy atom. The van der Waals surface area contributed by atoms with Gasteiger partial charge in [0.2, 0.25) is 11.8 Å². The molecule has 0 fully saturated rings. The number of nitrogens with one attached hydrogen (secondary N) is 1. The van der Waals surface area contributed by atoms with Crippen molar-refractivity contribution in [1.82, 2.24) is 14.5 Å². The largest absolute Gasteiger partial charge is 0.497 e. The Morgan fingerprint density at radius 1 is 0.952 bits per heavy atom. The van der Waals surface area contributed by atoms with E-state index in [0.29, 0.717) is 17.9 Å². The highest BCUT2D eigenvalue weighted by Gasteiger charge is 2.35. The second kappa shape index (κ2) is 15.3. The number of para-hydroxylation sites is 1. The van der Waals surface area contributed by atoms with Gasteiger partial charge in [-0.15, -0.1) is 0 Å². The normalized spacial score (nSPS) is 12.0. The maximum absolute atomic E-state index is 14.9. The first kappa shape index (κ1) is 32.6. The number of hydrogen-bond donors (Lipinski definition) is 1. The number of anilines is 1. The molecule has 0 aliphatic carbocycles. The number of rotatable bonds is 15. The van der Waals surface area contributed by atoms with E-state index >= 15 is 0 Å². The number of ether oxygens (including phenoxy) is 1. The van der Waals surface area contributed by atoms with Gasteiger partial charge in [-0.25, -0.2) is 8.70 Å². The quantitative estimate of drug-likeness (QED) is 0.267. The van der Waals surface area contributed by atoms with Gasteiger partial charge >= 0.3 is 10.2 Å². The van der Waals surface area contributed by atoms with Crippen LogP contribution >= 0.6 is 0 Å². The molecular formula is C31H39FN4O5S. The van der Waals surface area contributed by atoms with E-state index in [1.165, 1.54) is 44.3 Å². The van der Waals surface area contributed by atoms with Crippen molar-refractivity contribution < 1.29 is 27.1 Å². The number of methoxy groups -OCH3 is 1. The molecule has 3 rings (SSSR count). The van der Waals surface area contributed by atoms with Gasteiger partial charge < -0.3 is 15.0 Å². The van der Waals surface area contributed by atoms with Crippen LogP contribution in [0.5, 0.6) is 5.75 Å². The van der Waals surface area contributed by atoms with Crippen LogP contribution in [0.25, 0.3) is 0 Å². The molecule has 0 aromatic heterocycles. The van der Waals surface area contributed by atoms with Crippen LogP contribution < -0.4 is 14.4 Å². The highest BCUT2D eigenvalue weighted by atomic mass is 32.2. The summed E-state index contributed by atoms with van der Waals surface area (Å²) in [4.78, 5) is 29.2. The molecular weight excluding hydrogens is 559 g/mol. The molecule has 0 aliphatic rings. The number of carbonyl (C=O) groups excluding carboxylic acids is 2. The van der Waals surface area contributed by atoms with Gasteiger partial charge in [-0.2, -0.15) is 12.7 Å². The van der Waals surface area contributed by atoms with Crippen LogP contribution in [0.3, 0.4) is 0 Å². The number of unbranched alkanes of at least 4 members (excludes halogenated alkanes) is 1. The average Bonchev–Trinajstić information content (AvgIpc) is 2.98. The van der Waals surface area contributed by atoms with Crippen molar-refractivity contribution in [3.8, 4) is 5.75 Å². The van der Waals surface area contributed by atoms with Gasteiger partial charge in [0.15, 0.2) is 0 Å². The van der Waals surface area contributed by atoms with Gasteiger partial charge in [-0.1, -0.05) is 67.9 Å². The Hall–Kier alpha value is -3.96. The second-order valence-electron chi connectivity index (χ2n) is 9.97. The number of carbonyl (C=O) groups is 2. The summed E-state index contributed by atoms with van der Waals surface area (Å²) < 4.78 is 48.7. The molecule has 42 heavy (non-hydrogen) atoms. The van der Waals surface area contributed by atoms with E-state index in [1.54, 1.807) is 24.3 Å². The minimum atomic E-state index is -4.29. The first-order valence-corrected chi connectivity index (χ1v) is 15.2. The molecule has 1 unspecified atom stereocenters. The van der Waals surface area contributed by atoms with E-state index in [9.17, 15) is 22.4 Å². The summed E-state index contributed by atoms with van der Waals surface area (Å²) in [5.74, 6) is -1.27. The SMILES string of the molecule is CCCCNC(=O)C(Cc1ccccc1)N(Cc1cccc(OC)c1)C(=O)CN(c1ccccc1F)S(=O)(=O)N(C)C. The summed E-state index contributed by atoms with van der Waals surface area (Å²) in [7, 11) is -0.150. The lowest BCUT2D eigenvalue weighted by molar-refractivity contribution is -0.140. The lowest BCUT2D eigenvalue weighted by Crippen LogP contribution is -2.54. The molecule has 0 spiro atoms. The minimum Gasteiger partial charge on any atom is -0.497 e. The third kappa shape index (κ3) is 8.53. The monoisotopic (exact) mass is 598 g/mol. The molecule has 226 valence electrons. The number of nitrogens with zero attached hydrogens (tertiary/aromatic N) is 3. The van der Waals surface area contributed by atoms with E-state index in [-0.39, 0.29) is 24.6 Å². The third-order valence-electron chi connectivity index (χ3n) is 6.73. The van der Waals surface area contributed by atoms with Gasteiger partial charge in [0.1, 0.15) is 24.2 Å². The highest BCUT2D eigenvalue weighted by Crippen LogP contribution is 2.25. The predicted octanol–water partition coefficient (Wildman–Crippen LogP) is 4.00. The molecule has 2 amide bonds. The van der Waals surface area contributed by atoms with Crippen molar-refractivity contribution in [2.45, 2.75) is 38.8 Å². The van der Waals surface area contributed by atoms with E-state index in [4.69, 9.17) is 4.74 Å². The van der Waals surface area contributed by atoms with Crippen molar-refractivity contribution in [2.75, 3.05) is 38.6 Å². The maximum Gasteiger partial charge on any atom is 0.304 e. The fraction of sp³-hybridized carbons (Fsp3) is 0.355. The molecule has 0 saturated heterocycles. The van der Waals surface area contributed by atoms with E-state index < -0.39 is 34.5 Å². The summed E-state index contributed by atoms with van der Waals surface area (Å²) in [6.45, 7) is 1.70. The van der Waals surface area contributed by atoms with Crippen molar-refractivity contribution in [3.05, 3.63) is 95.8 Å². The number of halogens is 1. The van der Waals surface area contributed by atoms with Crippen LogP contribution in [0.2, 0.25) is 0 Å². The fourth-order valence-corrected chi connectivity index (χ4v) is 5.45. The van der Waals surface area contributed by atoms with Crippen LogP contribution in [0, 0.1) is 5.82 Å². The van der Waals surface area contributed by atoms with Crippen LogP contribution in [0.4, 0.5) is 10.1 Å². The molecule has 0 heterocycles. The van der Waals surface area contributed by atoms with Crippen molar-refractivity contribution >= 4 is 27.7 Å². The second-order valence-corrected chi connectivity index (χ2v) is 12.0. The van der Waals surface area contributed by atoms with Gasteiger partial charge in [0.05, 0.1) is 12.8 Å². The Labute approximate surface area is 248 Å². The summed E-state index contributed by atoms with van der Waals surface area (Å²) in [6.07, 6.45) is 1.82. The van der Waals surface area contributed by atoms with Crippen LogP contribution in [-0.2, 0) is 32.8 Å². The standard InChI is InChI=1S/C31H39FN4O5S/c1-5-6-19-33-31(38)29(21-24-13-8-7-9-14-24)35(22-25-15-12-16-26(20-25)41-4)30(37)23-36(42(39,40)34(2)3)28-18-11-10-17-27(28)32/h7-18,20,29H,5-6,19,21-23H2,1-4H3,(H,33,38). The van der Waals surface area contributed by atoms with Crippen LogP contribution in [0.1, 0.15) is 30.9 Å². The zero-order valence-corrected chi connectivity index (χ0v) is 25.3. The molecule has 3 aromatic carbocycles. The predicted molar refractivity (Wildman–Crippen MR) is 162 cm³/mol. The Bertz CT molecular complexity index is 1440. The Morgan fingerprint density at radius 2 is 1.62 bits per heavy atom. The first-order chi connectivity index (χ1) is 20.1. The average molecular weight is 599 g/mol. The zero-order chi connectivity index (χ0) is 30.7. The van der Waals surface area contributed by atoms with E-state index in [1.807, 2.05) is 37.3 Å². The lowest BCUT2D eigenvalue weighted by Gasteiger charge is -2.34. The summed E-state index contributed by atoms with van der Waals surface area (Å²) in [5, 5.41) is 2.93. The first-order valence-electron chi connectivity index (χ1n) is 13.8. The van der Waals surface area contributed by atoms with Gasteiger partial charge in [-0.05, 0) is 41.8 Å². The molecule has 1 atom stereocenters. The highest BCUT2D eigenvalue weighted by molar-refractivity contribution is 7.90. The Kier molecular flexibility index (Phi) is 11.9. The molecule has 1 N–H and O–H groups in total. The Balaban J connectivity index is 2.10. The van der Waals surface area contributed by atoms with E-state index in [0.717, 1.165) is 33.1 Å². The molecule has 0 aliphatic heterocycles. The molecule has 0 radical (unpaired) electrons. The maximum atomic E-state index is 14.9. The van der Waals surface area contributed by atoms with Gasteiger partial charge in [-0.3, -0.25) is 9.59 Å². The molecule has 0 bridgehead atoms. The van der Waals surface area contributed by atoms with Gasteiger partial charge in [0.25, 0.3) is 0 Å². The molecule has 11 heteroatoms. The lowest BCUT2D eigenvalue weighted by atomic mass is 10.0. The van der Waals surface area contributed by atoms with Crippen molar-refractivity contribution in [2.24, 2.45) is 0 Å². The molecule has 9 nitrogen and oxygen atoms in total. The van der Waals surface area contributed by atoms with Crippen LogP contribution in [0.15, 0.2) is 78.9 Å². The van der Waals surface area contributed by atoms with Crippen molar-refractivity contribution in [3.63, 3.8) is 0 Å². The molecule has 0 saturated carbocycles. The third-order valence-corrected chi connectivity index (χ3v) is 8.53. The van der Waals surface area contributed by atoms with Crippen molar-refractivity contribution in [1.29, 1.82) is 0 Å². The van der Waals surface area contributed by atoms with Crippen LogP contribution in [-0.4, -0.2) is 69.8 Å². The number of amides is 2. The topological polar surface area (TPSA) is 99.3 Å². The summed E-state index contributed by atoms with van der Waals surface area (Å²) >= 11 is 0. The van der Waals surface area contributed by atoms with E-state index in [2.05, 4.69) is 5.32 Å². The summed E-state index contributed by atoms with van der Waals surface area (Å²) in [6, 6.07) is 20.7. The number of benzene rings is 3. The summed E-state index contributed by atoms with van der Waals surface area (Å²) in [5.41, 5.74) is 1.23. The molecule has 3 aromatic rings. The fourth-order valence-electron chi connectivity index (χ4n) is 4.38. The smallest absolute Gasteiger partial charge is 0.304 e. The zero-order valence-electron chi connectivity index (χ0n) is 24.5.